The monoisotopic (exact) mass is 222 g/mol. The van der Waals surface area contributed by atoms with E-state index in [1.807, 2.05) is 12.1 Å². The molecule has 1 saturated heterocycles. The van der Waals surface area contributed by atoms with Gasteiger partial charge in [0.25, 0.3) is 0 Å². The maximum Gasteiger partial charge on any atom is 0.128 e. The first-order chi connectivity index (χ1) is 7.66. The molecule has 1 aromatic rings. The highest BCUT2D eigenvalue weighted by Crippen LogP contribution is 2.19. The average Bonchev–Trinajstić information content (AvgIpc) is 2.29. The van der Waals surface area contributed by atoms with Crippen molar-refractivity contribution in [2.75, 3.05) is 18.0 Å². The zero-order valence-corrected chi connectivity index (χ0v) is 9.50. The minimum Gasteiger partial charge on any atom is -0.391 e. The third-order valence-electron chi connectivity index (χ3n) is 2.97. The molecule has 0 aliphatic carbocycles. The maximum atomic E-state index is 9.57. The minimum atomic E-state index is -0.478. The van der Waals surface area contributed by atoms with Gasteiger partial charge in [-0.05, 0) is 31.4 Å². The van der Waals surface area contributed by atoms with E-state index < -0.39 is 6.10 Å². The van der Waals surface area contributed by atoms with Crippen molar-refractivity contribution in [3.8, 4) is 0 Å². The van der Waals surface area contributed by atoms with Crippen molar-refractivity contribution in [2.45, 2.75) is 32.0 Å². The molecular weight excluding hydrogens is 204 g/mol. The van der Waals surface area contributed by atoms with Crippen molar-refractivity contribution < 1.29 is 10.2 Å². The molecule has 0 radical (unpaired) electrons. The van der Waals surface area contributed by atoms with Crippen molar-refractivity contribution in [3.05, 3.63) is 23.9 Å². The number of hydrogen-bond acceptors (Lipinski definition) is 4. The van der Waals surface area contributed by atoms with Gasteiger partial charge in [-0.15, -0.1) is 0 Å². The Morgan fingerprint density at radius 3 is 2.88 bits per heavy atom. The lowest BCUT2D eigenvalue weighted by Crippen LogP contribution is -2.38. The maximum absolute atomic E-state index is 9.57. The quantitative estimate of drug-likeness (QED) is 0.786. The second kappa shape index (κ2) is 4.80. The topological polar surface area (TPSA) is 56.6 Å². The number of pyridine rings is 1. The van der Waals surface area contributed by atoms with E-state index in [1.54, 1.807) is 13.1 Å². The number of hydrogen-bond donors (Lipinski definition) is 2. The molecule has 0 spiro atoms. The van der Waals surface area contributed by atoms with E-state index in [-0.39, 0.29) is 6.10 Å². The third kappa shape index (κ3) is 2.51. The standard InChI is InChI=1S/C12H18N2O2/c1-9(15)10-4-5-12(13-7-10)14-6-2-3-11(16)8-14/h4-5,7,9,11,15-16H,2-3,6,8H2,1H3/t9-,11?/m0/s1. The van der Waals surface area contributed by atoms with Crippen molar-refractivity contribution in [2.24, 2.45) is 0 Å². The fourth-order valence-electron chi connectivity index (χ4n) is 1.99. The molecule has 0 saturated carbocycles. The lowest BCUT2D eigenvalue weighted by atomic mass is 10.1. The van der Waals surface area contributed by atoms with Crippen LogP contribution in [0, 0.1) is 0 Å². The largest absolute Gasteiger partial charge is 0.391 e. The molecule has 2 N–H and O–H groups in total. The fraction of sp³-hybridized carbons (Fsp3) is 0.583. The van der Waals surface area contributed by atoms with Crippen molar-refractivity contribution >= 4 is 5.82 Å². The first kappa shape index (κ1) is 11.4. The van der Waals surface area contributed by atoms with Crippen LogP contribution in [-0.4, -0.2) is 34.4 Å². The van der Waals surface area contributed by atoms with Crippen LogP contribution in [-0.2, 0) is 0 Å². The Hall–Kier alpha value is -1.13. The molecule has 1 aromatic heterocycles. The van der Waals surface area contributed by atoms with E-state index >= 15 is 0 Å². The van der Waals surface area contributed by atoms with Gasteiger partial charge in [0, 0.05) is 19.3 Å². The van der Waals surface area contributed by atoms with E-state index in [1.165, 1.54) is 0 Å². The highest BCUT2D eigenvalue weighted by molar-refractivity contribution is 5.40. The van der Waals surface area contributed by atoms with E-state index in [2.05, 4.69) is 9.88 Å². The summed E-state index contributed by atoms with van der Waals surface area (Å²) in [5.41, 5.74) is 0.821. The van der Waals surface area contributed by atoms with Crippen LogP contribution in [0.1, 0.15) is 31.4 Å². The summed E-state index contributed by atoms with van der Waals surface area (Å²) in [5.74, 6) is 0.878. The highest BCUT2D eigenvalue weighted by atomic mass is 16.3. The van der Waals surface area contributed by atoms with Gasteiger partial charge in [0.05, 0.1) is 12.2 Å². The molecule has 0 bridgehead atoms. The summed E-state index contributed by atoms with van der Waals surface area (Å²) in [6.07, 6.45) is 2.85. The van der Waals surface area contributed by atoms with Crippen molar-refractivity contribution in [1.82, 2.24) is 4.98 Å². The summed E-state index contributed by atoms with van der Waals surface area (Å²) in [5, 5.41) is 18.9. The molecule has 2 rings (SSSR count). The van der Waals surface area contributed by atoms with Crippen LogP contribution in [0.25, 0.3) is 0 Å². The lowest BCUT2D eigenvalue weighted by molar-refractivity contribution is 0.154. The number of aromatic nitrogens is 1. The molecule has 4 nitrogen and oxygen atoms in total. The van der Waals surface area contributed by atoms with Gasteiger partial charge in [-0.3, -0.25) is 0 Å². The molecule has 88 valence electrons. The minimum absolute atomic E-state index is 0.244. The summed E-state index contributed by atoms with van der Waals surface area (Å²) < 4.78 is 0. The van der Waals surface area contributed by atoms with Crippen LogP contribution in [0.15, 0.2) is 18.3 Å². The molecule has 0 aromatic carbocycles. The van der Waals surface area contributed by atoms with E-state index in [4.69, 9.17) is 0 Å². The second-order valence-corrected chi connectivity index (χ2v) is 4.37. The van der Waals surface area contributed by atoms with Gasteiger partial charge in [-0.2, -0.15) is 0 Å². The molecule has 16 heavy (non-hydrogen) atoms. The second-order valence-electron chi connectivity index (χ2n) is 4.37. The normalized spacial score (nSPS) is 23.2. The Morgan fingerprint density at radius 1 is 1.50 bits per heavy atom. The Bertz CT molecular complexity index is 337. The molecule has 1 unspecified atom stereocenters. The zero-order chi connectivity index (χ0) is 11.5. The number of β-amino-alcohol motifs (C(OH)–C–C–N with tert-alkyl or cyclic N) is 1. The van der Waals surface area contributed by atoms with Crippen LogP contribution in [0.4, 0.5) is 5.82 Å². The molecule has 2 heterocycles. The van der Waals surface area contributed by atoms with Crippen LogP contribution >= 0.6 is 0 Å². The first-order valence-corrected chi connectivity index (χ1v) is 5.74. The number of anilines is 1. The number of aliphatic hydroxyl groups is 2. The average molecular weight is 222 g/mol. The molecule has 1 aliphatic rings. The molecule has 4 heteroatoms. The highest BCUT2D eigenvalue weighted by Gasteiger charge is 2.18. The number of nitrogens with zero attached hydrogens (tertiary/aromatic N) is 2. The van der Waals surface area contributed by atoms with Crippen LogP contribution in [0.5, 0.6) is 0 Å². The van der Waals surface area contributed by atoms with Gasteiger partial charge in [0.1, 0.15) is 5.82 Å². The number of rotatable bonds is 2. The summed E-state index contributed by atoms with van der Waals surface area (Å²) >= 11 is 0. The predicted octanol–water partition coefficient (Wildman–Crippen LogP) is 1.10. The molecular formula is C12H18N2O2. The van der Waals surface area contributed by atoms with E-state index in [0.717, 1.165) is 30.8 Å². The molecule has 0 amide bonds. The molecule has 1 fully saturated rings. The fourth-order valence-corrected chi connectivity index (χ4v) is 1.99. The van der Waals surface area contributed by atoms with Crippen LogP contribution in [0.3, 0.4) is 0 Å². The summed E-state index contributed by atoms with van der Waals surface area (Å²) in [4.78, 5) is 6.40. The van der Waals surface area contributed by atoms with Gasteiger partial charge < -0.3 is 15.1 Å². The smallest absolute Gasteiger partial charge is 0.128 e. The molecule has 2 atom stereocenters. The SMILES string of the molecule is C[C@H](O)c1ccc(N2CCCC(O)C2)nc1. The molecule has 1 aliphatic heterocycles. The Labute approximate surface area is 95.5 Å². The van der Waals surface area contributed by atoms with Crippen molar-refractivity contribution in [1.29, 1.82) is 0 Å². The third-order valence-corrected chi connectivity index (χ3v) is 2.97. The number of aliphatic hydroxyl groups excluding tert-OH is 2. The van der Waals surface area contributed by atoms with Gasteiger partial charge in [0.2, 0.25) is 0 Å². The summed E-state index contributed by atoms with van der Waals surface area (Å²) in [6.45, 7) is 3.32. The predicted molar refractivity (Wildman–Crippen MR) is 62.3 cm³/mol. The van der Waals surface area contributed by atoms with E-state index in [9.17, 15) is 10.2 Å². The number of piperidine rings is 1. The Morgan fingerprint density at radius 2 is 2.31 bits per heavy atom. The van der Waals surface area contributed by atoms with Crippen molar-refractivity contribution in [3.63, 3.8) is 0 Å². The van der Waals surface area contributed by atoms with Crippen LogP contribution < -0.4 is 4.90 Å². The Balaban J connectivity index is 2.09. The first-order valence-electron chi connectivity index (χ1n) is 5.74. The van der Waals surface area contributed by atoms with E-state index in [0.29, 0.717) is 6.54 Å². The zero-order valence-electron chi connectivity index (χ0n) is 9.50. The summed E-state index contributed by atoms with van der Waals surface area (Å²) in [7, 11) is 0. The van der Waals surface area contributed by atoms with Gasteiger partial charge >= 0.3 is 0 Å². The lowest BCUT2D eigenvalue weighted by Gasteiger charge is -2.31. The summed E-state index contributed by atoms with van der Waals surface area (Å²) in [6, 6.07) is 3.79. The van der Waals surface area contributed by atoms with Gasteiger partial charge in [-0.1, -0.05) is 6.07 Å². The van der Waals surface area contributed by atoms with Gasteiger partial charge in [-0.25, -0.2) is 4.98 Å². The Kier molecular flexibility index (Phi) is 3.41. The van der Waals surface area contributed by atoms with Gasteiger partial charge in [0.15, 0.2) is 0 Å². The van der Waals surface area contributed by atoms with Crippen LogP contribution in [0.2, 0.25) is 0 Å².